The van der Waals surface area contributed by atoms with Crippen LogP contribution in [0.5, 0.6) is 0 Å². The van der Waals surface area contributed by atoms with Gasteiger partial charge in [-0.25, -0.2) is 0 Å². The largest absolute Gasteiger partial charge is 0.480 e. The fourth-order valence-corrected chi connectivity index (χ4v) is 1.62. The smallest absolute Gasteiger partial charge is 0.323 e. The van der Waals surface area contributed by atoms with Gasteiger partial charge in [-0.05, 0) is 19.1 Å². The normalized spacial score (nSPS) is 12.1. The maximum absolute atomic E-state index is 10.8. The molecule has 1 atom stereocenters. The average Bonchev–Trinajstić information content (AvgIpc) is 2.36. The zero-order valence-electron chi connectivity index (χ0n) is 10.5. The summed E-state index contributed by atoms with van der Waals surface area (Å²) in [7, 11) is 0. The summed E-state index contributed by atoms with van der Waals surface area (Å²) in [5.41, 5.74) is 0.774. The molecule has 0 saturated heterocycles. The quantitative estimate of drug-likeness (QED) is 0.722. The molecule has 100 valence electrons. The van der Waals surface area contributed by atoms with Crippen molar-refractivity contribution in [2.75, 3.05) is 31.2 Å². The first kappa shape index (κ1) is 14.5. The Bertz CT molecular complexity index is 355. The molecule has 0 aliphatic rings. The van der Waals surface area contributed by atoms with E-state index in [4.69, 9.17) is 9.84 Å². The van der Waals surface area contributed by atoms with E-state index in [9.17, 15) is 9.90 Å². The van der Waals surface area contributed by atoms with E-state index in [0.29, 0.717) is 6.61 Å². The van der Waals surface area contributed by atoms with Crippen LogP contribution in [0.3, 0.4) is 0 Å². The van der Waals surface area contributed by atoms with Crippen molar-refractivity contribution >= 4 is 11.7 Å². The van der Waals surface area contributed by atoms with Gasteiger partial charge in [-0.2, -0.15) is 0 Å². The summed E-state index contributed by atoms with van der Waals surface area (Å²) in [6.45, 7) is 2.67. The van der Waals surface area contributed by atoms with Gasteiger partial charge in [-0.1, -0.05) is 18.2 Å². The topological polar surface area (TPSA) is 70.0 Å². The molecule has 0 spiro atoms. The van der Waals surface area contributed by atoms with Crippen LogP contribution in [0.25, 0.3) is 0 Å². The van der Waals surface area contributed by atoms with E-state index >= 15 is 0 Å². The first-order valence-corrected chi connectivity index (χ1v) is 5.91. The van der Waals surface area contributed by atoms with Crippen molar-refractivity contribution in [3.05, 3.63) is 30.3 Å². The second-order valence-electron chi connectivity index (χ2n) is 3.92. The molecule has 18 heavy (non-hydrogen) atoms. The van der Waals surface area contributed by atoms with Crippen LogP contribution in [0.1, 0.15) is 6.92 Å². The van der Waals surface area contributed by atoms with Crippen LogP contribution in [0, 0.1) is 0 Å². The van der Waals surface area contributed by atoms with Crippen molar-refractivity contribution in [3.8, 4) is 0 Å². The first-order valence-electron chi connectivity index (χ1n) is 5.91. The number of aliphatic hydroxyl groups is 1. The third-order valence-corrected chi connectivity index (χ3v) is 2.39. The molecule has 0 aliphatic heterocycles. The average molecular weight is 253 g/mol. The number of anilines is 1. The van der Waals surface area contributed by atoms with E-state index in [2.05, 4.69) is 0 Å². The highest BCUT2D eigenvalue weighted by atomic mass is 16.5. The van der Waals surface area contributed by atoms with Crippen molar-refractivity contribution in [3.63, 3.8) is 0 Å². The Morgan fingerprint density at radius 1 is 1.39 bits per heavy atom. The molecule has 0 fully saturated rings. The molecule has 0 aliphatic carbocycles. The maximum Gasteiger partial charge on any atom is 0.323 e. The van der Waals surface area contributed by atoms with E-state index in [-0.39, 0.29) is 19.7 Å². The number of rotatable bonds is 8. The summed E-state index contributed by atoms with van der Waals surface area (Å²) in [6, 6.07) is 9.16. The van der Waals surface area contributed by atoms with Crippen LogP contribution < -0.4 is 4.90 Å². The summed E-state index contributed by atoms with van der Waals surface area (Å²) in [6.07, 6.45) is -0.704. The van der Waals surface area contributed by atoms with Crippen molar-refractivity contribution < 1.29 is 19.7 Å². The van der Waals surface area contributed by atoms with Crippen LogP contribution in [-0.2, 0) is 9.53 Å². The molecule has 0 saturated carbocycles. The van der Waals surface area contributed by atoms with Gasteiger partial charge in [0.15, 0.2) is 0 Å². The second-order valence-corrected chi connectivity index (χ2v) is 3.92. The van der Waals surface area contributed by atoms with Crippen molar-refractivity contribution in [2.45, 2.75) is 13.0 Å². The van der Waals surface area contributed by atoms with Gasteiger partial charge in [-0.3, -0.25) is 4.79 Å². The lowest BCUT2D eigenvalue weighted by atomic mass is 10.2. The Kier molecular flexibility index (Phi) is 6.18. The van der Waals surface area contributed by atoms with Crippen LogP contribution in [0.2, 0.25) is 0 Å². The minimum atomic E-state index is -0.928. The monoisotopic (exact) mass is 253 g/mol. The van der Waals surface area contributed by atoms with Gasteiger partial charge in [0, 0.05) is 18.8 Å². The Balaban J connectivity index is 2.64. The third kappa shape index (κ3) is 5.16. The molecule has 0 amide bonds. The zero-order chi connectivity index (χ0) is 13.4. The lowest BCUT2D eigenvalue weighted by Crippen LogP contribution is -2.38. The number of carboxylic acids is 1. The Morgan fingerprint density at radius 2 is 2.06 bits per heavy atom. The molecule has 5 heteroatoms. The summed E-state index contributed by atoms with van der Waals surface area (Å²) >= 11 is 0. The molecule has 1 aromatic carbocycles. The highest BCUT2D eigenvalue weighted by Crippen LogP contribution is 2.13. The second kappa shape index (κ2) is 7.68. The van der Waals surface area contributed by atoms with Gasteiger partial charge >= 0.3 is 5.97 Å². The number of aliphatic carboxylic acids is 1. The maximum atomic E-state index is 10.8. The van der Waals surface area contributed by atoms with Gasteiger partial charge in [-0.15, -0.1) is 0 Å². The predicted octanol–water partition coefficient (Wildman–Crippen LogP) is 0.975. The highest BCUT2D eigenvalue weighted by Gasteiger charge is 2.15. The number of carbonyl (C=O) groups is 1. The van der Waals surface area contributed by atoms with Crippen LogP contribution in [0.15, 0.2) is 30.3 Å². The van der Waals surface area contributed by atoms with Gasteiger partial charge in [0.1, 0.15) is 6.54 Å². The van der Waals surface area contributed by atoms with Crippen molar-refractivity contribution in [2.24, 2.45) is 0 Å². The SMILES string of the molecule is CCOCC(O)CN(CC(=O)O)c1ccccc1. The minimum absolute atomic E-state index is 0.146. The van der Waals surface area contributed by atoms with E-state index in [1.807, 2.05) is 37.3 Å². The molecule has 2 N–H and O–H groups in total. The predicted molar refractivity (Wildman–Crippen MR) is 68.8 cm³/mol. The van der Waals surface area contributed by atoms with Crippen LogP contribution in [-0.4, -0.2) is 48.6 Å². The summed E-state index contributed by atoms with van der Waals surface area (Å²) in [5.74, 6) is -0.928. The fourth-order valence-electron chi connectivity index (χ4n) is 1.62. The summed E-state index contributed by atoms with van der Waals surface area (Å²) in [4.78, 5) is 12.4. The number of benzene rings is 1. The number of carboxylic acid groups (broad SMARTS) is 1. The number of para-hydroxylation sites is 1. The molecule has 1 rings (SSSR count). The number of hydrogen-bond donors (Lipinski definition) is 2. The first-order chi connectivity index (χ1) is 8.63. The number of aliphatic hydroxyl groups excluding tert-OH is 1. The van der Waals surface area contributed by atoms with E-state index in [1.54, 1.807) is 4.90 Å². The van der Waals surface area contributed by atoms with Crippen LogP contribution >= 0.6 is 0 Å². The molecule has 5 nitrogen and oxygen atoms in total. The molecule has 0 bridgehead atoms. The van der Waals surface area contributed by atoms with E-state index < -0.39 is 12.1 Å². The summed E-state index contributed by atoms with van der Waals surface area (Å²) in [5, 5.41) is 18.6. The molecule has 1 aromatic rings. The highest BCUT2D eigenvalue weighted by molar-refractivity contribution is 5.73. The lowest BCUT2D eigenvalue weighted by Gasteiger charge is -2.25. The van der Waals surface area contributed by atoms with Crippen molar-refractivity contribution in [1.82, 2.24) is 0 Å². The number of nitrogens with zero attached hydrogens (tertiary/aromatic N) is 1. The lowest BCUT2D eigenvalue weighted by molar-refractivity contribution is -0.135. The van der Waals surface area contributed by atoms with Gasteiger partial charge < -0.3 is 19.8 Å². The van der Waals surface area contributed by atoms with Gasteiger partial charge in [0.2, 0.25) is 0 Å². The molecule has 0 heterocycles. The molecular weight excluding hydrogens is 234 g/mol. The summed E-state index contributed by atoms with van der Waals surface area (Å²) < 4.78 is 5.11. The minimum Gasteiger partial charge on any atom is -0.480 e. The van der Waals surface area contributed by atoms with Gasteiger partial charge in [0.25, 0.3) is 0 Å². The van der Waals surface area contributed by atoms with Crippen LogP contribution in [0.4, 0.5) is 5.69 Å². The van der Waals surface area contributed by atoms with Gasteiger partial charge in [0.05, 0.1) is 12.7 Å². The number of ether oxygens (including phenoxy) is 1. The standard InChI is InChI=1S/C13H19NO4/c1-2-18-10-12(15)8-14(9-13(16)17)11-6-4-3-5-7-11/h3-7,12,15H,2,8-10H2,1H3,(H,16,17). The third-order valence-electron chi connectivity index (χ3n) is 2.39. The van der Waals surface area contributed by atoms with Crippen molar-refractivity contribution in [1.29, 1.82) is 0 Å². The van der Waals surface area contributed by atoms with E-state index in [1.165, 1.54) is 0 Å². The molecule has 0 aromatic heterocycles. The molecule has 0 radical (unpaired) electrons. The molecule has 1 unspecified atom stereocenters. The Labute approximate surface area is 107 Å². The number of hydrogen-bond acceptors (Lipinski definition) is 4. The Hall–Kier alpha value is -1.59. The zero-order valence-corrected chi connectivity index (χ0v) is 10.5. The van der Waals surface area contributed by atoms with E-state index in [0.717, 1.165) is 5.69 Å². The molecular formula is C13H19NO4. The fraction of sp³-hybridized carbons (Fsp3) is 0.462. The Morgan fingerprint density at radius 3 is 2.61 bits per heavy atom.